The molecule has 1 aromatic heterocycles. The molecule has 1 aliphatic heterocycles. The Morgan fingerprint density at radius 3 is 2.40 bits per heavy atom. The van der Waals surface area contributed by atoms with Crippen molar-refractivity contribution >= 4 is 11.6 Å². The van der Waals surface area contributed by atoms with Crippen LogP contribution in [0.1, 0.15) is 30.6 Å². The number of nitrogens with two attached hydrogens (primary N) is 1. The van der Waals surface area contributed by atoms with Crippen LogP contribution in [-0.2, 0) is 0 Å². The summed E-state index contributed by atoms with van der Waals surface area (Å²) in [5.74, 6) is -2.66. The van der Waals surface area contributed by atoms with E-state index in [1.807, 2.05) is 5.32 Å². The average Bonchev–Trinajstić information content (AvgIpc) is 2.99. The quantitative estimate of drug-likeness (QED) is 0.730. The van der Waals surface area contributed by atoms with Crippen molar-refractivity contribution in [2.45, 2.75) is 38.0 Å². The first-order valence-electron chi connectivity index (χ1n) is 9.23. The lowest BCUT2D eigenvalue weighted by Gasteiger charge is -2.27. The molecule has 0 spiro atoms. The predicted molar refractivity (Wildman–Crippen MR) is 102 cm³/mol. The molecule has 30 heavy (non-hydrogen) atoms. The summed E-state index contributed by atoms with van der Waals surface area (Å²) in [5.41, 5.74) is 6.01. The van der Waals surface area contributed by atoms with E-state index in [9.17, 15) is 26.7 Å². The molecule has 5 nitrogen and oxygen atoms in total. The monoisotopic (exact) mass is 428 g/mol. The lowest BCUT2D eigenvalue weighted by atomic mass is 10.0. The van der Waals surface area contributed by atoms with Gasteiger partial charge in [-0.1, -0.05) is 0 Å². The molecule has 0 bridgehead atoms. The van der Waals surface area contributed by atoms with Crippen LogP contribution in [0, 0.1) is 11.6 Å². The van der Waals surface area contributed by atoms with E-state index in [2.05, 4.69) is 4.98 Å². The van der Waals surface area contributed by atoms with Crippen LogP contribution in [0.25, 0.3) is 11.1 Å². The molecule has 1 aromatic carbocycles. The molecule has 1 amide bonds. The van der Waals surface area contributed by atoms with Gasteiger partial charge in [0.25, 0.3) is 5.91 Å². The van der Waals surface area contributed by atoms with Crippen molar-refractivity contribution in [2.24, 2.45) is 5.73 Å². The first kappa shape index (κ1) is 21.9. The van der Waals surface area contributed by atoms with E-state index >= 15 is 0 Å². The molecule has 0 unspecified atom stereocenters. The number of pyridine rings is 1. The zero-order valence-corrected chi connectivity index (χ0v) is 16.4. The Balaban J connectivity index is 2.12. The molecular formula is C20H21F5N4O. The van der Waals surface area contributed by atoms with Crippen molar-refractivity contribution in [3.05, 3.63) is 47.8 Å². The third-order valence-corrected chi connectivity index (χ3v) is 5.00. The minimum atomic E-state index is -4.63. The van der Waals surface area contributed by atoms with Gasteiger partial charge in [0.1, 0.15) is 17.7 Å². The predicted octanol–water partition coefficient (Wildman–Crippen LogP) is 3.63. The first-order chi connectivity index (χ1) is 13.9. The van der Waals surface area contributed by atoms with Crippen LogP contribution in [-0.4, -0.2) is 41.7 Å². The van der Waals surface area contributed by atoms with E-state index in [1.54, 1.807) is 11.8 Å². The highest BCUT2D eigenvalue weighted by molar-refractivity contribution is 6.03. The van der Waals surface area contributed by atoms with Gasteiger partial charge in [0.05, 0.1) is 11.3 Å². The number of aromatic nitrogens is 1. The Kier molecular flexibility index (Phi) is 5.72. The van der Waals surface area contributed by atoms with Crippen molar-refractivity contribution in [3.8, 4) is 11.1 Å². The molecular weight excluding hydrogens is 407 g/mol. The number of halogens is 5. The maximum atomic E-state index is 13.8. The van der Waals surface area contributed by atoms with Gasteiger partial charge in [-0.15, -0.1) is 0 Å². The van der Waals surface area contributed by atoms with Crippen molar-refractivity contribution in [2.75, 3.05) is 18.0 Å². The van der Waals surface area contributed by atoms with E-state index in [1.165, 1.54) is 6.20 Å². The van der Waals surface area contributed by atoms with Crippen LogP contribution in [0.2, 0.25) is 0 Å². The number of hydrogen-bond acceptors (Lipinski definition) is 4. The molecule has 2 heterocycles. The van der Waals surface area contributed by atoms with E-state index < -0.39 is 35.3 Å². The lowest BCUT2D eigenvalue weighted by Crippen LogP contribution is -2.44. The summed E-state index contributed by atoms with van der Waals surface area (Å²) < 4.78 is 66.4. The molecule has 1 saturated heterocycles. The van der Waals surface area contributed by atoms with Gasteiger partial charge >= 0.3 is 6.18 Å². The molecule has 0 radical (unpaired) electrons. The van der Waals surface area contributed by atoms with Gasteiger partial charge in [0.2, 0.25) is 0 Å². The Morgan fingerprint density at radius 2 is 1.87 bits per heavy atom. The molecule has 3 rings (SSSR count). The Labute approximate surface area is 170 Å². The SMILES string of the molecule is C[C@@H](NC(=O)c1cncc(-c2cc(F)cc(F)c2)c1N1CC[C@](C)(N)C1)C(F)(F)F. The van der Waals surface area contributed by atoms with Gasteiger partial charge in [-0.05, 0) is 38.0 Å². The maximum absolute atomic E-state index is 13.8. The molecule has 3 N–H and O–H groups in total. The third kappa shape index (κ3) is 4.69. The highest BCUT2D eigenvalue weighted by atomic mass is 19.4. The highest BCUT2D eigenvalue weighted by Gasteiger charge is 2.38. The largest absolute Gasteiger partial charge is 0.408 e. The summed E-state index contributed by atoms with van der Waals surface area (Å²) in [6.45, 7) is 3.35. The maximum Gasteiger partial charge on any atom is 0.408 e. The van der Waals surface area contributed by atoms with Crippen LogP contribution in [0.5, 0.6) is 0 Å². The van der Waals surface area contributed by atoms with Crippen molar-refractivity contribution < 1.29 is 26.7 Å². The smallest absolute Gasteiger partial charge is 0.368 e. The van der Waals surface area contributed by atoms with Crippen LogP contribution in [0.3, 0.4) is 0 Å². The normalized spacial score (nSPS) is 20.3. The summed E-state index contributed by atoms with van der Waals surface area (Å²) in [7, 11) is 0. The van der Waals surface area contributed by atoms with Crippen molar-refractivity contribution in [1.82, 2.24) is 10.3 Å². The number of nitrogens with zero attached hydrogens (tertiary/aromatic N) is 2. The summed E-state index contributed by atoms with van der Waals surface area (Å²) in [6.07, 6.45) is -1.61. The summed E-state index contributed by atoms with van der Waals surface area (Å²) >= 11 is 0. The summed E-state index contributed by atoms with van der Waals surface area (Å²) in [4.78, 5) is 18.4. The molecule has 1 aliphatic rings. The van der Waals surface area contributed by atoms with Gasteiger partial charge in [0, 0.05) is 42.7 Å². The van der Waals surface area contributed by atoms with E-state index in [4.69, 9.17) is 5.73 Å². The van der Waals surface area contributed by atoms with Crippen molar-refractivity contribution in [3.63, 3.8) is 0 Å². The number of carbonyl (C=O) groups is 1. The highest BCUT2D eigenvalue weighted by Crippen LogP contribution is 2.37. The van der Waals surface area contributed by atoms with Crippen LogP contribution in [0.15, 0.2) is 30.6 Å². The number of benzene rings is 1. The van der Waals surface area contributed by atoms with Crippen molar-refractivity contribution in [1.29, 1.82) is 0 Å². The number of amides is 1. The van der Waals surface area contributed by atoms with Crippen LogP contribution >= 0.6 is 0 Å². The molecule has 162 valence electrons. The molecule has 0 saturated carbocycles. The number of nitrogens with one attached hydrogen (secondary N) is 1. The zero-order chi connectivity index (χ0) is 22.3. The topological polar surface area (TPSA) is 71.2 Å². The molecule has 1 fully saturated rings. The van der Waals surface area contributed by atoms with E-state index in [-0.39, 0.29) is 22.4 Å². The minimum absolute atomic E-state index is 0.110. The van der Waals surface area contributed by atoms with Crippen LogP contribution < -0.4 is 16.0 Å². The van der Waals surface area contributed by atoms with Crippen LogP contribution in [0.4, 0.5) is 27.6 Å². The third-order valence-electron chi connectivity index (χ3n) is 5.00. The number of anilines is 1. The van der Waals surface area contributed by atoms with Gasteiger partial charge in [-0.2, -0.15) is 13.2 Å². The molecule has 2 atom stereocenters. The van der Waals surface area contributed by atoms with Gasteiger partial charge in [-0.3, -0.25) is 9.78 Å². The zero-order valence-electron chi connectivity index (χ0n) is 16.4. The van der Waals surface area contributed by atoms with E-state index in [0.717, 1.165) is 25.3 Å². The Morgan fingerprint density at radius 1 is 1.23 bits per heavy atom. The van der Waals surface area contributed by atoms with E-state index in [0.29, 0.717) is 25.6 Å². The summed E-state index contributed by atoms with van der Waals surface area (Å²) in [5, 5.41) is 1.91. The standard InChI is InChI=1S/C20H21F5N4O/c1-11(20(23,24)25)28-18(30)16-9-27-8-15(12-5-13(21)7-14(22)6-12)17(16)29-4-3-19(2,26)10-29/h5-9,11H,3-4,10,26H2,1-2H3,(H,28,30)/t11-,19+/m1/s1. The fourth-order valence-electron chi connectivity index (χ4n) is 3.41. The number of hydrogen-bond donors (Lipinski definition) is 2. The van der Waals surface area contributed by atoms with Gasteiger partial charge < -0.3 is 16.0 Å². The fraction of sp³-hybridized carbons (Fsp3) is 0.400. The lowest BCUT2D eigenvalue weighted by molar-refractivity contribution is -0.149. The first-order valence-corrected chi connectivity index (χ1v) is 9.23. The second kappa shape index (κ2) is 7.82. The van der Waals surface area contributed by atoms with Gasteiger partial charge in [0.15, 0.2) is 0 Å². The fourth-order valence-corrected chi connectivity index (χ4v) is 3.41. The van der Waals surface area contributed by atoms with Gasteiger partial charge in [-0.25, -0.2) is 8.78 Å². The Bertz CT molecular complexity index is 940. The molecule has 10 heteroatoms. The number of rotatable bonds is 4. The molecule has 2 aromatic rings. The number of carbonyl (C=O) groups excluding carboxylic acids is 1. The minimum Gasteiger partial charge on any atom is -0.368 e. The number of alkyl halides is 3. The second-order valence-electron chi connectivity index (χ2n) is 7.80. The molecule has 0 aliphatic carbocycles. The Hall–Kier alpha value is -2.75. The summed E-state index contributed by atoms with van der Waals surface area (Å²) in [6, 6.07) is 0.750. The second-order valence-corrected chi connectivity index (χ2v) is 7.80. The average molecular weight is 428 g/mol.